The minimum absolute atomic E-state index is 0.0811. The number of imidazole rings is 1. The van der Waals surface area contributed by atoms with Gasteiger partial charge in [-0.1, -0.05) is 6.07 Å². The maximum atomic E-state index is 10.6. The lowest BCUT2D eigenvalue weighted by atomic mass is 10.1. The molecule has 2 aromatic heterocycles. The first-order chi connectivity index (χ1) is 19.9. The molecule has 1 amide bonds. The maximum Gasteiger partial charge on any atom is 0.211 e. The van der Waals surface area contributed by atoms with Crippen LogP contribution in [0.15, 0.2) is 30.9 Å². The highest BCUT2D eigenvalue weighted by Crippen LogP contribution is 2.32. The molecule has 16 heteroatoms. The Hall–Kier alpha value is -3.48. The molecule has 0 spiro atoms. The molecule has 1 aromatic carbocycles. The van der Waals surface area contributed by atoms with E-state index in [0.717, 1.165) is 0 Å². The van der Waals surface area contributed by atoms with Crippen LogP contribution in [0, 0.1) is 0 Å². The monoisotopic (exact) mass is 577 g/mol. The predicted molar refractivity (Wildman–Crippen MR) is 144 cm³/mol. The number of aliphatic hydroxyl groups is 4. The number of anilines is 2. The van der Waals surface area contributed by atoms with Crippen molar-refractivity contribution in [3.8, 4) is 5.75 Å². The number of benzene rings is 1. The fourth-order valence-corrected chi connectivity index (χ4v) is 4.28. The molecule has 3 heterocycles. The van der Waals surface area contributed by atoms with Crippen molar-refractivity contribution >= 4 is 29.1 Å². The molecule has 224 valence electrons. The van der Waals surface area contributed by atoms with Gasteiger partial charge in [-0.25, -0.2) is 15.0 Å². The van der Waals surface area contributed by atoms with Gasteiger partial charge in [0, 0.05) is 19.6 Å². The van der Waals surface area contributed by atoms with Crippen LogP contribution in [0.1, 0.15) is 17.9 Å². The number of aromatic nitrogens is 4. The van der Waals surface area contributed by atoms with Gasteiger partial charge in [0.2, 0.25) is 6.41 Å². The predicted octanol–water partition coefficient (Wildman–Crippen LogP) is -1.52. The van der Waals surface area contributed by atoms with E-state index in [-0.39, 0.29) is 18.0 Å². The fourth-order valence-electron chi connectivity index (χ4n) is 4.28. The SMILES string of the molecule is O=CNc1cc(C(O)CNCCOCCOCCNc2ncnc3c2ncn3[C@@H]2O[C@H](CO)[C@@H](O)[C@H]2O)ccc1O. The number of rotatable bonds is 17. The van der Waals surface area contributed by atoms with Crippen LogP contribution in [0.4, 0.5) is 11.5 Å². The lowest BCUT2D eigenvalue weighted by molar-refractivity contribution is -0.105. The summed E-state index contributed by atoms with van der Waals surface area (Å²) in [7, 11) is 0. The van der Waals surface area contributed by atoms with Crippen LogP contribution in [-0.4, -0.2) is 122 Å². The Morgan fingerprint density at radius 2 is 1.85 bits per heavy atom. The molecule has 1 aliphatic heterocycles. The Labute approximate surface area is 234 Å². The number of hydrogen-bond acceptors (Lipinski definition) is 14. The lowest BCUT2D eigenvalue weighted by Crippen LogP contribution is -2.33. The smallest absolute Gasteiger partial charge is 0.211 e. The summed E-state index contributed by atoms with van der Waals surface area (Å²) in [6.45, 7) is 2.34. The van der Waals surface area contributed by atoms with E-state index >= 15 is 0 Å². The Kier molecular flexibility index (Phi) is 11.1. The second kappa shape index (κ2) is 14.9. The third-order valence-corrected chi connectivity index (χ3v) is 6.44. The quantitative estimate of drug-likeness (QED) is 0.0518. The van der Waals surface area contributed by atoms with Crippen molar-refractivity contribution in [2.75, 3.05) is 63.3 Å². The summed E-state index contributed by atoms with van der Waals surface area (Å²) in [6, 6.07) is 4.50. The highest BCUT2D eigenvalue weighted by atomic mass is 16.6. The summed E-state index contributed by atoms with van der Waals surface area (Å²) in [6.07, 6.45) is -1.92. The second-order valence-electron chi connectivity index (χ2n) is 9.19. The van der Waals surface area contributed by atoms with E-state index < -0.39 is 37.3 Å². The molecule has 1 unspecified atom stereocenters. The zero-order valence-corrected chi connectivity index (χ0v) is 22.2. The normalized spacial score (nSPS) is 21.3. The number of ether oxygens (including phenoxy) is 3. The van der Waals surface area contributed by atoms with Gasteiger partial charge in [0.25, 0.3) is 0 Å². The van der Waals surface area contributed by atoms with Gasteiger partial charge in [0.1, 0.15) is 30.4 Å². The van der Waals surface area contributed by atoms with Gasteiger partial charge in [0.15, 0.2) is 23.2 Å². The molecule has 3 aromatic rings. The van der Waals surface area contributed by atoms with Crippen molar-refractivity contribution in [1.29, 1.82) is 0 Å². The Bertz CT molecular complexity index is 1260. The molecule has 0 bridgehead atoms. The van der Waals surface area contributed by atoms with E-state index in [1.807, 2.05) is 0 Å². The molecule has 0 aliphatic carbocycles. The van der Waals surface area contributed by atoms with Crippen LogP contribution in [0.25, 0.3) is 11.2 Å². The first-order valence-electron chi connectivity index (χ1n) is 13.1. The molecule has 1 aliphatic rings. The van der Waals surface area contributed by atoms with Crippen molar-refractivity contribution in [1.82, 2.24) is 24.8 Å². The van der Waals surface area contributed by atoms with Crippen LogP contribution in [0.2, 0.25) is 0 Å². The third kappa shape index (κ3) is 7.63. The number of aromatic hydroxyl groups is 1. The zero-order chi connectivity index (χ0) is 29.2. The molecule has 8 N–H and O–H groups in total. The van der Waals surface area contributed by atoms with E-state index in [2.05, 4.69) is 30.9 Å². The van der Waals surface area contributed by atoms with Gasteiger partial charge >= 0.3 is 0 Å². The summed E-state index contributed by atoms with van der Waals surface area (Å²) in [5.74, 6) is 0.388. The first-order valence-corrected chi connectivity index (χ1v) is 13.1. The lowest BCUT2D eigenvalue weighted by Gasteiger charge is -2.16. The number of phenols is 1. The average Bonchev–Trinajstić information content (AvgIpc) is 3.53. The van der Waals surface area contributed by atoms with E-state index in [4.69, 9.17) is 14.2 Å². The Morgan fingerprint density at radius 1 is 1.07 bits per heavy atom. The highest BCUT2D eigenvalue weighted by Gasteiger charge is 2.44. The van der Waals surface area contributed by atoms with Crippen LogP contribution < -0.4 is 16.0 Å². The maximum absolute atomic E-state index is 10.6. The summed E-state index contributed by atoms with van der Waals surface area (Å²) >= 11 is 0. The molecule has 0 saturated carbocycles. The van der Waals surface area contributed by atoms with Crippen molar-refractivity contribution in [3.63, 3.8) is 0 Å². The number of nitrogens with zero attached hydrogens (tertiary/aromatic N) is 4. The van der Waals surface area contributed by atoms with Gasteiger partial charge in [-0.15, -0.1) is 0 Å². The van der Waals surface area contributed by atoms with E-state index in [1.165, 1.54) is 29.4 Å². The molecule has 4 rings (SSSR count). The summed E-state index contributed by atoms with van der Waals surface area (Å²) < 4.78 is 18.2. The van der Waals surface area contributed by atoms with Crippen molar-refractivity contribution in [3.05, 3.63) is 36.4 Å². The van der Waals surface area contributed by atoms with Crippen molar-refractivity contribution in [2.24, 2.45) is 0 Å². The molecule has 5 atom stereocenters. The molecular weight excluding hydrogens is 542 g/mol. The largest absolute Gasteiger partial charge is 0.506 e. The number of fused-ring (bicyclic) bond motifs is 1. The number of carbonyl (C=O) groups excluding carboxylic acids is 1. The number of phenolic OH excluding ortho intramolecular Hbond substituents is 1. The first kappa shape index (κ1) is 30.5. The summed E-state index contributed by atoms with van der Waals surface area (Å²) in [4.78, 5) is 23.3. The number of amides is 1. The highest BCUT2D eigenvalue weighted by molar-refractivity contribution is 5.82. The van der Waals surface area contributed by atoms with Crippen LogP contribution >= 0.6 is 0 Å². The summed E-state index contributed by atoms with van der Waals surface area (Å²) in [5, 5.41) is 58.2. The van der Waals surface area contributed by atoms with Crippen LogP contribution in [0.5, 0.6) is 5.75 Å². The molecular formula is C25H35N7O9. The molecule has 0 radical (unpaired) electrons. The molecule has 41 heavy (non-hydrogen) atoms. The van der Waals surface area contributed by atoms with Gasteiger partial charge in [0.05, 0.1) is 51.2 Å². The van der Waals surface area contributed by atoms with Crippen LogP contribution in [-0.2, 0) is 19.0 Å². The average molecular weight is 578 g/mol. The number of hydrogen-bond donors (Lipinski definition) is 8. The standard InChI is InChI=1S/C25H35N7O9/c33-11-19-21(37)22(38)25(41-19)32-13-30-20-23(28-12-29-24(20)32)27-4-6-40-8-7-39-5-3-26-10-18(36)15-1-2-17(35)16(9-15)31-14-34/h1-2,9,12-14,18-19,21-22,25-26,33,35-38H,3-8,10-11H2,(H,31,34)(H,27,28,29)/t18?,19-,21-,22-,25-/m1/s1. The van der Waals surface area contributed by atoms with Gasteiger partial charge < -0.3 is 55.7 Å². The van der Waals surface area contributed by atoms with E-state index in [0.29, 0.717) is 68.5 Å². The summed E-state index contributed by atoms with van der Waals surface area (Å²) in [5.41, 5.74) is 1.63. The van der Waals surface area contributed by atoms with Crippen LogP contribution in [0.3, 0.4) is 0 Å². The molecule has 16 nitrogen and oxygen atoms in total. The van der Waals surface area contributed by atoms with Gasteiger partial charge in [-0.2, -0.15) is 0 Å². The Balaban J connectivity index is 1.09. The van der Waals surface area contributed by atoms with E-state index in [1.54, 1.807) is 6.07 Å². The number of aliphatic hydroxyl groups excluding tert-OH is 4. The Morgan fingerprint density at radius 3 is 2.59 bits per heavy atom. The third-order valence-electron chi connectivity index (χ3n) is 6.44. The molecule has 1 fully saturated rings. The van der Waals surface area contributed by atoms with Crippen molar-refractivity contribution < 1.29 is 44.5 Å². The number of nitrogens with one attached hydrogen (secondary N) is 3. The second-order valence-corrected chi connectivity index (χ2v) is 9.19. The van der Waals surface area contributed by atoms with Gasteiger partial charge in [-0.05, 0) is 17.7 Å². The van der Waals surface area contributed by atoms with Gasteiger partial charge in [-0.3, -0.25) is 9.36 Å². The van der Waals surface area contributed by atoms with E-state index in [9.17, 15) is 30.3 Å². The zero-order valence-electron chi connectivity index (χ0n) is 22.2. The minimum atomic E-state index is -1.25. The fraction of sp³-hybridized carbons (Fsp3) is 0.520. The van der Waals surface area contributed by atoms with Crippen molar-refractivity contribution in [2.45, 2.75) is 30.6 Å². The minimum Gasteiger partial charge on any atom is -0.506 e. The number of carbonyl (C=O) groups is 1. The molecule has 1 saturated heterocycles. The topological polar surface area (TPSA) is 226 Å².